The van der Waals surface area contributed by atoms with Crippen LogP contribution in [0.15, 0.2) is 48.5 Å². The lowest BCUT2D eigenvalue weighted by molar-refractivity contribution is -0.153. The van der Waals surface area contributed by atoms with Gasteiger partial charge in [0.25, 0.3) is 0 Å². The van der Waals surface area contributed by atoms with Gasteiger partial charge in [-0.05, 0) is 44.0 Å². The number of benzene rings is 2. The summed E-state index contributed by atoms with van der Waals surface area (Å²) in [6.07, 6.45) is 2.35. The van der Waals surface area contributed by atoms with E-state index in [4.69, 9.17) is 9.47 Å². The molecule has 1 atom stereocenters. The van der Waals surface area contributed by atoms with Crippen molar-refractivity contribution in [2.45, 2.75) is 59.8 Å². The Morgan fingerprint density at radius 3 is 2.44 bits per heavy atom. The average molecular weight is 442 g/mol. The van der Waals surface area contributed by atoms with Crippen LogP contribution in [0.25, 0.3) is 6.08 Å². The standard InChI is InChI=1S/C24H29NO5.C2H6/c1-16(2)30-22(24(27)28)14-19-8-10-21(29-4)20(13-19)15-25-23(26)11-9-18-7-5-6-17(3)12-18;1-2/h5-13,16,22H,14-15H2,1-4H3,(H,25,26)(H,27,28);1-2H3/b11-9+;. The molecule has 0 saturated heterocycles. The summed E-state index contributed by atoms with van der Waals surface area (Å²) >= 11 is 0. The summed E-state index contributed by atoms with van der Waals surface area (Å²) in [5.41, 5.74) is 3.64. The minimum absolute atomic E-state index is 0.191. The Labute approximate surface area is 191 Å². The highest BCUT2D eigenvalue weighted by Crippen LogP contribution is 2.21. The van der Waals surface area contributed by atoms with Crippen LogP contribution in [0.4, 0.5) is 0 Å². The van der Waals surface area contributed by atoms with Crippen LogP contribution in [-0.2, 0) is 27.3 Å². The molecule has 174 valence electrons. The summed E-state index contributed by atoms with van der Waals surface area (Å²) in [5, 5.41) is 12.2. The average Bonchev–Trinajstić information content (AvgIpc) is 2.77. The third-order valence-electron chi connectivity index (χ3n) is 4.40. The molecule has 32 heavy (non-hydrogen) atoms. The maximum atomic E-state index is 12.2. The van der Waals surface area contributed by atoms with Crippen molar-refractivity contribution in [1.82, 2.24) is 5.32 Å². The molecule has 0 aliphatic rings. The first kappa shape index (κ1) is 26.9. The number of carboxylic acid groups (broad SMARTS) is 1. The molecule has 1 amide bonds. The van der Waals surface area contributed by atoms with Gasteiger partial charge >= 0.3 is 5.97 Å². The second kappa shape index (κ2) is 14.0. The quantitative estimate of drug-likeness (QED) is 0.518. The van der Waals surface area contributed by atoms with E-state index in [9.17, 15) is 14.7 Å². The third-order valence-corrected chi connectivity index (χ3v) is 4.40. The topological polar surface area (TPSA) is 84.9 Å². The van der Waals surface area contributed by atoms with Crippen molar-refractivity contribution in [3.05, 3.63) is 70.8 Å². The minimum atomic E-state index is -1.00. The van der Waals surface area contributed by atoms with Gasteiger partial charge in [0.15, 0.2) is 6.10 Å². The number of carbonyl (C=O) groups is 2. The third kappa shape index (κ3) is 9.35. The summed E-state index contributed by atoms with van der Waals surface area (Å²) < 4.78 is 10.9. The largest absolute Gasteiger partial charge is 0.496 e. The number of hydrogen-bond acceptors (Lipinski definition) is 4. The molecule has 2 aromatic carbocycles. The molecule has 0 saturated carbocycles. The molecule has 0 aliphatic carbocycles. The lowest BCUT2D eigenvalue weighted by atomic mass is 10.0. The van der Waals surface area contributed by atoms with E-state index in [1.165, 1.54) is 6.08 Å². The van der Waals surface area contributed by atoms with Gasteiger partial charge in [0.1, 0.15) is 5.75 Å². The van der Waals surface area contributed by atoms with Crippen LogP contribution in [0.5, 0.6) is 5.75 Å². The minimum Gasteiger partial charge on any atom is -0.496 e. The Kier molecular flexibility index (Phi) is 11.8. The molecule has 2 aromatic rings. The number of amides is 1. The molecule has 2 rings (SSSR count). The zero-order valence-electron chi connectivity index (χ0n) is 19.8. The summed E-state index contributed by atoms with van der Waals surface area (Å²) in [6.45, 7) is 9.86. The van der Waals surface area contributed by atoms with Gasteiger partial charge in [0, 0.05) is 24.6 Å². The number of carboxylic acids is 1. The summed E-state index contributed by atoms with van der Waals surface area (Å²) in [7, 11) is 1.56. The Bertz CT molecular complexity index is 905. The molecule has 0 aromatic heterocycles. The first-order valence-corrected chi connectivity index (χ1v) is 10.8. The van der Waals surface area contributed by atoms with Crippen molar-refractivity contribution in [3.8, 4) is 5.75 Å². The number of aryl methyl sites for hydroxylation is 1. The van der Waals surface area contributed by atoms with E-state index in [2.05, 4.69) is 5.32 Å². The Hall–Kier alpha value is -3.12. The number of methoxy groups -OCH3 is 1. The van der Waals surface area contributed by atoms with E-state index in [0.29, 0.717) is 5.75 Å². The van der Waals surface area contributed by atoms with Crippen LogP contribution in [0.2, 0.25) is 0 Å². The van der Waals surface area contributed by atoms with Crippen LogP contribution in [0, 0.1) is 6.92 Å². The number of ether oxygens (including phenoxy) is 2. The van der Waals surface area contributed by atoms with Crippen molar-refractivity contribution in [3.63, 3.8) is 0 Å². The SMILES string of the molecule is CC.COc1ccc(CC(OC(C)C)C(=O)O)cc1CNC(=O)/C=C/c1cccc(C)c1. The van der Waals surface area contributed by atoms with E-state index in [0.717, 1.165) is 22.3 Å². The van der Waals surface area contributed by atoms with E-state index in [1.807, 2.05) is 51.1 Å². The number of hydrogen-bond donors (Lipinski definition) is 2. The molecule has 6 heteroatoms. The Morgan fingerprint density at radius 2 is 1.84 bits per heavy atom. The molecule has 0 fully saturated rings. The van der Waals surface area contributed by atoms with Gasteiger partial charge in [-0.3, -0.25) is 4.79 Å². The van der Waals surface area contributed by atoms with Gasteiger partial charge in [-0.2, -0.15) is 0 Å². The van der Waals surface area contributed by atoms with Gasteiger partial charge in [-0.25, -0.2) is 4.79 Å². The molecular formula is C26H35NO5. The van der Waals surface area contributed by atoms with Crippen molar-refractivity contribution in [2.24, 2.45) is 0 Å². The second-order valence-electron chi connectivity index (χ2n) is 7.33. The fourth-order valence-corrected chi connectivity index (χ4v) is 3.02. The zero-order valence-corrected chi connectivity index (χ0v) is 19.8. The number of aliphatic carboxylic acids is 1. The predicted octanol–water partition coefficient (Wildman–Crippen LogP) is 4.78. The van der Waals surface area contributed by atoms with Crippen LogP contribution in [-0.4, -0.2) is 36.3 Å². The molecule has 0 radical (unpaired) electrons. The molecule has 1 unspecified atom stereocenters. The maximum absolute atomic E-state index is 12.2. The van der Waals surface area contributed by atoms with E-state index >= 15 is 0 Å². The normalized spacial score (nSPS) is 11.6. The number of carbonyl (C=O) groups excluding carboxylic acids is 1. The maximum Gasteiger partial charge on any atom is 0.333 e. The Balaban J connectivity index is 0.00000249. The molecule has 0 bridgehead atoms. The van der Waals surface area contributed by atoms with Crippen LogP contribution < -0.4 is 10.1 Å². The highest BCUT2D eigenvalue weighted by molar-refractivity contribution is 5.91. The first-order valence-electron chi connectivity index (χ1n) is 10.8. The molecule has 2 N–H and O–H groups in total. The van der Waals surface area contributed by atoms with Crippen LogP contribution in [0.3, 0.4) is 0 Å². The first-order chi connectivity index (χ1) is 15.3. The van der Waals surface area contributed by atoms with Gasteiger partial charge < -0.3 is 19.9 Å². The smallest absolute Gasteiger partial charge is 0.333 e. The van der Waals surface area contributed by atoms with Crippen molar-refractivity contribution in [1.29, 1.82) is 0 Å². The predicted molar refractivity (Wildman–Crippen MR) is 128 cm³/mol. The van der Waals surface area contributed by atoms with Gasteiger partial charge in [0.2, 0.25) is 5.91 Å². The van der Waals surface area contributed by atoms with Gasteiger partial charge in [-0.1, -0.05) is 55.8 Å². The van der Waals surface area contributed by atoms with E-state index in [-0.39, 0.29) is 25.0 Å². The molecule has 0 heterocycles. The molecule has 6 nitrogen and oxygen atoms in total. The summed E-state index contributed by atoms with van der Waals surface area (Å²) in [6, 6.07) is 13.3. The summed E-state index contributed by atoms with van der Waals surface area (Å²) in [5.74, 6) is -0.607. The van der Waals surface area contributed by atoms with Crippen molar-refractivity contribution < 1.29 is 24.2 Å². The molecule has 0 spiro atoms. The molecular weight excluding hydrogens is 406 g/mol. The summed E-state index contributed by atoms with van der Waals surface area (Å²) in [4.78, 5) is 23.7. The van der Waals surface area contributed by atoms with E-state index < -0.39 is 12.1 Å². The van der Waals surface area contributed by atoms with Gasteiger partial charge in [0.05, 0.1) is 13.2 Å². The van der Waals surface area contributed by atoms with Crippen LogP contribution in [0.1, 0.15) is 49.9 Å². The van der Waals surface area contributed by atoms with E-state index in [1.54, 1.807) is 39.2 Å². The fourth-order valence-electron chi connectivity index (χ4n) is 3.02. The molecule has 0 aliphatic heterocycles. The van der Waals surface area contributed by atoms with Gasteiger partial charge in [-0.15, -0.1) is 0 Å². The lowest BCUT2D eigenvalue weighted by Crippen LogP contribution is -2.29. The number of rotatable bonds is 10. The highest BCUT2D eigenvalue weighted by Gasteiger charge is 2.20. The second-order valence-corrected chi connectivity index (χ2v) is 7.33. The highest BCUT2D eigenvalue weighted by atomic mass is 16.5. The zero-order chi connectivity index (χ0) is 24.1. The monoisotopic (exact) mass is 441 g/mol. The number of nitrogens with one attached hydrogen (secondary N) is 1. The fraction of sp³-hybridized carbons (Fsp3) is 0.385. The Morgan fingerprint density at radius 1 is 1.12 bits per heavy atom. The van der Waals surface area contributed by atoms with Crippen molar-refractivity contribution in [2.75, 3.05) is 7.11 Å². The van der Waals surface area contributed by atoms with Crippen molar-refractivity contribution >= 4 is 18.0 Å². The lowest BCUT2D eigenvalue weighted by Gasteiger charge is -2.17. The van der Waals surface area contributed by atoms with Crippen LogP contribution >= 0.6 is 0 Å².